The Balaban J connectivity index is 1.85. The number of pyridine rings is 1. The Labute approximate surface area is 164 Å². The number of methoxy groups -OCH3 is 2. The van der Waals surface area contributed by atoms with Gasteiger partial charge in [-0.05, 0) is 25.0 Å². The monoisotopic (exact) mass is 405 g/mol. The molecule has 9 heteroatoms. The molecular weight excluding hydrogens is 382 g/mol. The van der Waals surface area contributed by atoms with Crippen LogP contribution in [-0.2, 0) is 14.8 Å². The van der Waals surface area contributed by atoms with Crippen molar-refractivity contribution >= 4 is 21.6 Å². The van der Waals surface area contributed by atoms with Crippen molar-refractivity contribution in [3.8, 4) is 5.75 Å². The number of rotatable bonds is 6. The number of sulfonamides is 1. The first kappa shape index (κ1) is 20.1. The van der Waals surface area contributed by atoms with Gasteiger partial charge in [-0.3, -0.25) is 14.5 Å². The first-order chi connectivity index (χ1) is 13.4. The lowest BCUT2D eigenvalue weighted by molar-refractivity contribution is 0.0349. The second-order valence-corrected chi connectivity index (χ2v) is 8.09. The SMILES string of the molecule is COc1cncc(NS(=O)(=O)c2ccccc2C(=O)N2CCC(OC)CC2)c1. The van der Waals surface area contributed by atoms with Gasteiger partial charge in [0.1, 0.15) is 10.6 Å². The zero-order valence-corrected chi connectivity index (χ0v) is 16.6. The molecule has 0 spiro atoms. The normalized spacial score (nSPS) is 15.3. The summed E-state index contributed by atoms with van der Waals surface area (Å²) in [5.41, 5.74) is 0.393. The minimum Gasteiger partial charge on any atom is -0.495 e. The minimum atomic E-state index is -3.99. The number of likely N-dealkylation sites (tertiary alicyclic amines) is 1. The molecule has 0 saturated carbocycles. The van der Waals surface area contributed by atoms with E-state index in [0.29, 0.717) is 18.8 Å². The predicted octanol–water partition coefficient (Wildman–Crippen LogP) is 2.14. The van der Waals surface area contributed by atoms with Crippen LogP contribution in [-0.4, -0.2) is 57.6 Å². The van der Waals surface area contributed by atoms with Gasteiger partial charge < -0.3 is 14.4 Å². The molecule has 0 aliphatic carbocycles. The molecule has 8 nitrogen and oxygen atoms in total. The van der Waals surface area contributed by atoms with Crippen LogP contribution in [0.15, 0.2) is 47.6 Å². The summed E-state index contributed by atoms with van der Waals surface area (Å²) in [6.07, 6.45) is 4.43. The molecule has 150 valence electrons. The molecule has 1 aliphatic heterocycles. The second-order valence-electron chi connectivity index (χ2n) is 6.44. The van der Waals surface area contributed by atoms with Crippen molar-refractivity contribution in [3.63, 3.8) is 0 Å². The van der Waals surface area contributed by atoms with Gasteiger partial charge in [0.05, 0.1) is 36.9 Å². The predicted molar refractivity (Wildman–Crippen MR) is 104 cm³/mol. The highest BCUT2D eigenvalue weighted by Crippen LogP contribution is 2.24. The topological polar surface area (TPSA) is 97.8 Å². The number of nitrogens with one attached hydrogen (secondary N) is 1. The number of benzene rings is 1. The van der Waals surface area contributed by atoms with Gasteiger partial charge in [-0.15, -0.1) is 0 Å². The van der Waals surface area contributed by atoms with E-state index in [1.165, 1.54) is 37.7 Å². The molecule has 1 N–H and O–H groups in total. The van der Waals surface area contributed by atoms with E-state index in [9.17, 15) is 13.2 Å². The highest BCUT2D eigenvalue weighted by molar-refractivity contribution is 7.92. The molecule has 0 radical (unpaired) electrons. The fourth-order valence-electron chi connectivity index (χ4n) is 3.14. The van der Waals surface area contributed by atoms with Gasteiger partial charge in [-0.2, -0.15) is 0 Å². The van der Waals surface area contributed by atoms with E-state index in [1.807, 2.05) is 0 Å². The maximum Gasteiger partial charge on any atom is 0.262 e. The Morgan fingerprint density at radius 2 is 1.89 bits per heavy atom. The fraction of sp³-hybridized carbons (Fsp3) is 0.368. The van der Waals surface area contributed by atoms with Crippen LogP contribution in [0, 0.1) is 0 Å². The molecule has 2 heterocycles. The quantitative estimate of drug-likeness (QED) is 0.791. The van der Waals surface area contributed by atoms with Crippen molar-refractivity contribution in [2.45, 2.75) is 23.8 Å². The van der Waals surface area contributed by atoms with Gasteiger partial charge in [-0.25, -0.2) is 8.42 Å². The maximum atomic E-state index is 13.0. The molecule has 1 aliphatic rings. The molecule has 3 rings (SSSR count). The molecule has 0 bridgehead atoms. The van der Waals surface area contributed by atoms with Crippen molar-refractivity contribution in [1.29, 1.82) is 0 Å². The van der Waals surface area contributed by atoms with E-state index in [4.69, 9.17) is 9.47 Å². The number of amides is 1. The lowest BCUT2D eigenvalue weighted by Crippen LogP contribution is -2.41. The summed E-state index contributed by atoms with van der Waals surface area (Å²) in [5.74, 6) is 0.116. The summed E-state index contributed by atoms with van der Waals surface area (Å²) in [7, 11) is -0.862. The van der Waals surface area contributed by atoms with Crippen LogP contribution in [0.4, 0.5) is 5.69 Å². The zero-order valence-electron chi connectivity index (χ0n) is 15.8. The number of carbonyl (C=O) groups is 1. The smallest absolute Gasteiger partial charge is 0.262 e. The third-order valence-electron chi connectivity index (χ3n) is 4.67. The van der Waals surface area contributed by atoms with E-state index < -0.39 is 10.0 Å². The number of anilines is 1. The molecule has 28 heavy (non-hydrogen) atoms. The van der Waals surface area contributed by atoms with Crippen LogP contribution in [0.25, 0.3) is 0 Å². The van der Waals surface area contributed by atoms with Crippen LogP contribution in [0.5, 0.6) is 5.75 Å². The fourth-order valence-corrected chi connectivity index (χ4v) is 4.37. The number of hydrogen-bond donors (Lipinski definition) is 1. The third kappa shape index (κ3) is 4.42. The summed E-state index contributed by atoms with van der Waals surface area (Å²) < 4.78 is 38.7. The average Bonchev–Trinajstić information content (AvgIpc) is 2.73. The van der Waals surface area contributed by atoms with Crippen LogP contribution in [0.2, 0.25) is 0 Å². The molecule has 1 fully saturated rings. The van der Waals surface area contributed by atoms with E-state index in [2.05, 4.69) is 9.71 Å². The van der Waals surface area contributed by atoms with Crippen molar-refractivity contribution in [3.05, 3.63) is 48.3 Å². The number of carbonyl (C=O) groups excluding carboxylic acids is 1. The van der Waals surface area contributed by atoms with Crippen molar-refractivity contribution < 1.29 is 22.7 Å². The third-order valence-corrected chi connectivity index (χ3v) is 6.11. The van der Waals surface area contributed by atoms with E-state index in [-0.39, 0.29) is 28.2 Å². The molecule has 1 amide bonds. The lowest BCUT2D eigenvalue weighted by Gasteiger charge is -2.31. The summed E-state index contributed by atoms with van der Waals surface area (Å²) >= 11 is 0. The molecular formula is C19H23N3O5S. The van der Waals surface area contributed by atoms with Crippen molar-refractivity contribution in [1.82, 2.24) is 9.88 Å². The number of aromatic nitrogens is 1. The van der Waals surface area contributed by atoms with Crippen LogP contribution in [0.3, 0.4) is 0 Å². The number of ether oxygens (including phenoxy) is 2. The maximum absolute atomic E-state index is 13.0. The Kier molecular flexibility index (Phi) is 6.15. The first-order valence-corrected chi connectivity index (χ1v) is 10.4. The first-order valence-electron chi connectivity index (χ1n) is 8.87. The zero-order chi connectivity index (χ0) is 20.1. The summed E-state index contributed by atoms with van der Waals surface area (Å²) in [5, 5.41) is 0. The van der Waals surface area contributed by atoms with Crippen LogP contribution >= 0.6 is 0 Å². The Morgan fingerprint density at radius 3 is 2.57 bits per heavy atom. The second kappa shape index (κ2) is 8.57. The van der Waals surface area contributed by atoms with Gasteiger partial charge in [0.25, 0.3) is 15.9 Å². The van der Waals surface area contributed by atoms with E-state index >= 15 is 0 Å². The Bertz CT molecular complexity index is 940. The van der Waals surface area contributed by atoms with E-state index in [1.54, 1.807) is 24.1 Å². The van der Waals surface area contributed by atoms with Gasteiger partial charge in [0, 0.05) is 26.3 Å². The molecule has 2 aromatic rings. The summed E-state index contributed by atoms with van der Waals surface area (Å²) in [6, 6.07) is 7.71. The molecule has 1 aromatic carbocycles. The highest BCUT2D eigenvalue weighted by Gasteiger charge is 2.28. The summed E-state index contributed by atoms with van der Waals surface area (Å²) in [4.78, 5) is 18.5. The largest absolute Gasteiger partial charge is 0.495 e. The standard InChI is InChI=1S/C19H23N3O5S/c1-26-15-7-9-22(10-8-15)19(23)17-5-3-4-6-18(17)28(24,25)21-14-11-16(27-2)13-20-12-14/h3-6,11-13,15,21H,7-10H2,1-2H3. The molecule has 1 saturated heterocycles. The van der Waals surface area contributed by atoms with Crippen molar-refractivity contribution in [2.24, 2.45) is 0 Å². The Morgan fingerprint density at radius 1 is 1.18 bits per heavy atom. The number of hydrogen-bond acceptors (Lipinski definition) is 6. The Hall–Kier alpha value is -2.65. The van der Waals surface area contributed by atoms with Crippen LogP contribution in [0.1, 0.15) is 23.2 Å². The van der Waals surface area contributed by atoms with E-state index in [0.717, 1.165) is 12.8 Å². The molecule has 0 atom stereocenters. The van der Waals surface area contributed by atoms with Gasteiger partial charge in [0.2, 0.25) is 0 Å². The highest BCUT2D eigenvalue weighted by atomic mass is 32.2. The van der Waals surface area contributed by atoms with Gasteiger partial charge >= 0.3 is 0 Å². The summed E-state index contributed by atoms with van der Waals surface area (Å²) in [6.45, 7) is 1.05. The van der Waals surface area contributed by atoms with Gasteiger partial charge in [-0.1, -0.05) is 12.1 Å². The number of nitrogens with zero attached hydrogens (tertiary/aromatic N) is 2. The number of piperidine rings is 1. The minimum absolute atomic E-state index is 0.0725. The van der Waals surface area contributed by atoms with Crippen molar-refractivity contribution in [2.75, 3.05) is 32.0 Å². The lowest BCUT2D eigenvalue weighted by atomic mass is 10.1. The van der Waals surface area contributed by atoms with Crippen LogP contribution < -0.4 is 9.46 Å². The molecule has 0 unspecified atom stereocenters. The molecule has 1 aromatic heterocycles. The van der Waals surface area contributed by atoms with Gasteiger partial charge in [0.15, 0.2) is 0 Å². The average molecular weight is 405 g/mol.